The second-order valence-corrected chi connectivity index (χ2v) is 9.21. The number of carbonyl (C=O) groups excluding carboxylic acids is 2. The minimum absolute atomic E-state index is 0.0171. The molecule has 0 bridgehead atoms. The molecule has 0 aromatic heterocycles. The summed E-state index contributed by atoms with van der Waals surface area (Å²) in [6.45, 7) is 8.82. The minimum atomic E-state index is -1.17. The van der Waals surface area contributed by atoms with E-state index in [0.717, 1.165) is 24.8 Å². The van der Waals surface area contributed by atoms with Crippen molar-refractivity contribution < 1.29 is 47.1 Å². The van der Waals surface area contributed by atoms with Crippen LogP contribution in [0.15, 0.2) is 21.8 Å². The maximum Gasteiger partial charge on any atom is 0.309 e. The number of aliphatic hydroxyl groups is 2. The largest absolute Gasteiger partial charge is 0.457 e. The van der Waals surface area contributed by atoms with Crippen LogP contribution in [0, 0.1) is 17.3 Å². The molecule has 5 nitrogen and oxygen atoms in total. The molecule has 1 rings (SSSR count). The van der Waals surface area contributed by atoms with Crippen LogP contribution in [0.2, 0.25) is 0 Å². The maximum atomic E-state index is 13.0. The summed E-state index contributed by atoms with van der Waals surface area (Å²) in [5.74, 6) is -1.39. The van der Waals surface area contributed by atoms with Crippen molar-refractivity contribution in [1.29, 1.82) is 0 Å². The van der Waals surface area contributed by atoms with E-state index in [4.69, 9.17) is 4.74 Å². The van der Waals surface area contributed by atoms with Crippen LogP contribution in [-0.4, -0.2) is 40.3 Å². The highest BCUT2D eigenvalue weighted by Gasteiger charge is 2.42. The maximum absolute atomic E-state index is 13.0. The summed E-state index contributed by atoms with van der Waals surface area (Å²) in [6.07, 6.45) is 4.71. The lowest BCUT2D eigenvalue weighted by atomic mass is 9.73. The van der Waals surface area contributed by atoms with Gasteiger partial charge in [0.2, 0.25) is 0 Å². The number of hydrogen-bond donors (Lipinski definition) is 2. The third-order valence-corrected chi connectivity index (χ3v) is 6.91. The molecule has 0 radical (unpaired) electrons. The molecule has 1 aliphatic heterocycles. The molecule has 0 amide bonds. The Bertz CT molecular complexity index is 596. The molecule has 1 aliphatic rings. The predicted molar refractivity (Wildman–Crippen MR) is 106 cm³/mol. The Hall–Kier alpha value is -0.730. The number of aliphatic hydroxyl groups excluding tert-OH is 2. The number of allylic oxidation sites excluding steroid dienone is 1. The van der Waals surface area contributed by atoms with E-state index in [0.29, 0.717) is 6.42 Å². The van der Waals surface area contributed by atoms with E-state index in [1.54, 1.807) is 20.8 Å². The van der Waals surface area contributed by atoms with Gasteiger partial charge in [0, 0.05) is 17.9 Å². The van der Waals surface area contributed by atoms with Crippen molar-refractivity contribution in [1.82, 2.24) is 0 Å². The van der Waals surface area contributed by atoms with Crippen LogP contribution in [0.3, 0.4) is 0 Å². The van der Waals surface area contributed by atoms with Gasteiger partial charge in [-0.1, -0.05) is 39.8 Å². The number of esters is 1. The number of halogens is 1. The zero-order valence-electron chi connectivity index (χ0n) is 17.7. The van der Waals surface area contributed by atoms with E-state index in [1.807, 2.05) is 46.6 Å². The first-order valence-electron chi connectivity index (χ1n) is 10.1. The topological polar surface area (TPSA) is 83.8 Å². The van der Waals surface area contributed by atoms with Crippen LogP contribution >= 0.6 is 0 Å². The van der Waals surface area contributed by atoms with E-state index < -0.39 is 29.5 Å². The first-order valence-corrected chi connectivity index (χ1v) is 11.4. The lowest BCUT2D eigenvalue weighted by Crippen LogP contribution is -3.30. The zero-order valence-corrected chi connectivity index (χ0v) is 20.0. The van der Waals surface area contributed by atoms with Gasteiger partial charge in [0.05, 0.1) is 24.0 Å². The molecule has 5 atom stereocenters. The number of rotatable bonds is 1. The minimum Gasteiger partial charge on any atom is -0.457 e. The summed E-state index contributed by atoms with van der Waals surface area (Å²) in [5.41, 5.74) is -0.194. The van der Waals surface area contributed by atoms with Crippen molar-refractivity contribution in [2.75, 3.05) is 0 Å². The molecule has 28 heavy (non-hydrogen) atoms. The first-order chi connectivity index (χ1) is 13.0. The summed E-state index contributed by atoms with van der Waals surface area (Å²) in [5, 5.41) is 21.2. The van der Waals surface area contributed by atoms with E-state index >= 15 is 0 Å². The van der Waals surface area contributed by atoms with Gasteiger partial charge in [0.1, 0.15) is 11.9 Å². The van der Waals surface area contributed by atoms with E-state index in [9.17, 15) is 19.8 Å². The predicted octanol–water partition coefficient (Wildman–Crippen LogP) is 0.197. The molecule has 0 spiro atoms. The van der Waals surface area contributed by atoms with Gasteiger partial charge in [-0.05, 0) is 32.1 Å². The normalized spacial score (nSPS) is 35.3. The number of hydrogen-bond acceptors (Lipinski definition) is 5. The Balaban J connectivity index is 3.10. The third kappa shape index (κ3) is 6.95. The van der Waals surface area contributed by atoms with Crippen LogP contribution in [0.5, 0.6) is 0 Å². The van der Waals surface area contributed by atoms with Gasteiger partial charge < -0.3 is 14.9 Å². The van der Waals surface area contributed by atoms with Crippen LogP contribution < -0.4 is 22.6 Å². The fourth-order valence-corrected chi connectivity index (χ4v) is 3.92. The highest BCUT2D eigenvalue weighted by Crippen LogP contribution is 2.32. The summed E-state index contributed by atoms with van der Waals surface area (Å²) >= 11 is 1.83. The second-order valence-electron chi connectivity index (χ2n) is 8.54. The highest BCUT2D eigenvalue weighted by molar-refractivity contribution is 5.87. The lowest BCUT2D eigenvalue weighted by molar-refractivity contribution is -0.277. The molecule has 0 aliphatic carbocycles. The van der Waals surface area contributed by atoms with Gasteiger partial charge in [-0.3, -0.25) is 9.59 Å². The average molecular weight is 507 g/mol. The van der Waals surface area contributed by atoms with Crippen LogP contribution in [-0.2, 0) is 14.3 Å². The SMILES string of the molecule is C/C(=C\[IH+])[C@@H]1C/C=C/CCCC(C)[C@H](O)C(C)C(=O)C(C)(C)C(O)CC(=O)O1. The molecular weight excluding hydrogens is 471 g/mol. The molecule has 0 fully saturated rings. The molecule has 3 unspecified atom stereocenters. The van der Waals surface area contributed by atoms with Crippen molar-refractivity contribution in [2.45, 2.75) is 85.0 Å². The fourth-order valence-electron chi connectivity index (χ4n) is 3.49. The van der Waals surface area contributed by atoms with Crippen LogP contribution in [0.1, 0.15) is 66.7 Å². The second kappa shape index (κ2) is 11.5. The lowest BCUT2D eigenvalue weighted by Gasteiger charge is -2.34. The third-order valence-electron chi connectivity index (χ3n) is 5.85. The molecule has 0 saturated carbocycles. The number of ketones is 1. The molecule has 1 heterocycles. The highest BCUT2D eigenvalue weighted by atomic mass is 127. The Labute approximate surface area is 182 Å². The van der Waals surface area contributed by atoms with Gasteiger partial charge in [-0.2, -0.15) is 0 Å². The summed E-state index contributed by atoms with van der Waals surface area (Å²) < 4.78 is 7.52. The van der Waals surface area contributed by atoms with E-state index in [1.165, 1.54) is 0 Å². The molecule has 2 N–H and O–H groups in total. The molecular formula is C22H36IO5+. The van der Waals surface area contributed by atoms with Crippen LogP contribution in [0.25, 0.3) is 0 Å². The molecule has 160 valence electrons. The van der Waals surface area contributed by atoms with Gasteiger partial charge in [-0.15, -0.1) is 0 Å². The Morgan fingerprint density at radius 3 is 2.50 bits per heavy atom. The van der Waals surface area contributed by atoms with Gasteiger partial charge >= 0.3 is 5.97 Å². The quantitative estimate of drug-likeness (QED) is 0.301. The van der Waals surface area contributed by atoms with Crippen molar-refractivity contribution in [3.8, 4) is 0 Å². The number of Topliss-reactive ketones (excluding diaryl/α,β-unsaturated/α-hetero) is 1. The van der Waals surface area contributed by atoms with E-state index in [-0.39, 0.29) is 24.2 Å². The molecule has 0 aromatic carbocycles. The standard InChI is InChI=1S/C22H36IO5/c1-14-10-8-6-7-9-11-17(15(2)13-23)28-19(25)12-18(24)22(4,5)21(27)16(3)20(14)26/h7,9,13-14,16-18,20,23-24,26H,6,8,10-12H2,1-5H3/q+1/b9-7+,15-13+/t14?,16?,17-,18?,20-/m0/s1. The van der Waals surface area contributed by atoms with Crippen molar-refractivity contribution in [3.63, 3.8) is 0 Å². The van der Waals surface area contributed by atoms with Crippen molar-refractivity contribution in [2.24, 2.45) is 17.3 Å². The Kier molecular flexibility index (Phi) is 10.4. The average Bonchev–Trinajstić information content (AvgIpc) is 2.65. The van der Waals surface area contributed by atoms with Crippen molar-refractivity contribution in [3.05, 3.63) is 21.8 Å². The Morgan fingerprint density at radius 2 is 1.89 bits per heavy atom. The monoisotopic (exact) mass is 507 g/mol. The molecule has 0 saturated heterocycles. The first kappa shape index (κ1) is 25.3. The number of cyclic esters (lactones) is 1. The van der Waals surface area contributed by atoms with Crippen LogP contribution in [0.4, 0.5) is 0 Å². The summed E-state index contributed by atoms with van der Waals surface area (Å²) in [7, 11) is 0. The zero-order chi connectivity index (χ0) is 21.5. The molecule has 6 heteroatoms. The smallest absolute Gasteiger partial charge is 0.309 e. The Morgan fingerprint density at radius 1 is 1.25 bits per heavy atom. The van der Waals surface area contributed by atoms with E-state index in [2.05, 4.69) is 6.08 Å². The van der Waals surface area contributed by atoms with Crippen molar-refractivity contribution >= 4 is 11.8 Å². The molecule has 0 aromatic rings. The van der Waals surface area contributed by atoms with Gasteiger partial charge in [-0.25, -0.2) is 0 Å². The number of carbonyl (C=O) groups is 2. The fraction of sp³-hybridized carbons (Fsp3) is 0.727. The summed E-state index contributed by atoms with van der Waals surface area (Å²) in [6, 6.07) is 0. The van der Waals surface area contributed by atoms with Gasteiger partial charge in [0.15, 0.2) is 4.08 Å². The summed E-state index contributed by atoms with van der Waals surface area (Å²) in [4.78, 5) is 25.4. The van der Waals surface area contributed by atoms with Gasteiger partial charge in [0.25, 0.3) is 22.6 Å². The number of ether oxygens (including phenoxy) is 1.